The van der Waals surface area contributed by atoms with Gasteiger partial charge in [0.15, 0.2) is 0 Å². The first-order valence-electron chi connectivity index (χ1n) is 8.44. The molecule has 0 aliphatic rings. The largest absolute Gasteiger partial charge is 0.492 e. The molecule has 0 unspecified atom stereocenters. The van der Waals surface area contributed by atoms with Crippen molar-refractivity contribution in [2.75, 3.05) is 11.9 Å². The Morgan fingerprint density at radius 3 is 2.52 bits per heavy atom. The molecule has 1 amide bonds. The maximum Gasteiger partial charge on any atom is 0.231 e. The molecule has 0 radical (unpaired) electrons. The van der Waals surface area contributed by atoms with Crippen LogP contribution in [0.15, 0.2) is 18.2 Å². The van der Waals surface area contributed by atoms with Crippen molar-refractivity contribution < 1.29 is 9.53 Å². The van der Waals surface area contributed by atoms with Crippen molar-refractivity contribution in [3.05, 3.63) is 40.2 Å². The van der Waals surface area contributed by atoms with E-state index in [-0.39, 0.29) is 11.8 Å². The fraction of sp³-hybridized carbons (Fsp3) is 0.474. The van der Waals surface area contributed by atoms with Crippen molar-refractivity contribution in [2.24, 2.45) is 13.0 Å². The van der Waals surface area contributed by atoms with Crippen LogP contribution in [-0.4, -0.2) is 22.3 Å². The molecular formula is C19H26ClN3O2. The predicted octanol–water partition coefficient (Wildman–Crippen LogP) is 4.47. The summed E-state index contributed by atoms with van der Waals surface area (Å²) in [6, 6.07) is 5.30. The minimum absolute atomic E-state index is 0.0916. The SMILES string of the molecule is Cc1nn(C)c(C)c1[C@@H](C)C(=O)Nc1ccc(OCC(C)C)c(Cl)c1. The highest BCUT2D eigenvalue weighted by molar-refractivity contribution is 6.32. The highest BCUT2D eigenvalue weighted by Crippen LogP contribution is 2.29. The zero-order valence-corrected chi connectivity index (χ0v) is 16.4. The van der Waals surface area contributed by atoms with E-state index in [2.05, 4.69) is 24.3 Å². The molecule has 136 valence electrons. The molecule has 0 spiro atoms. The highest BCUT2D eigenvalue weighted by Gasteiger charge is 2.22. The zero-order chi connectivity index (χ0) is 18.7. The molecule has 2 aromatic rings. The van der Waals surface area contributed by atoms with E-state index in [0.717, 1.165) is 17.0 Å². The molecule has 2 rings (SSSR count). The van der Waals surface area contributed by atoms with Gasteiger partial charge in [0.25, 0.3) is 0 Å². The smallest absolute Gasteiger partial charge is 0.231 e. The summed E-state index contributed by atoms with van der Waals surface area (Å²) in [5.41, 5.74) is 3.48. The number of hydrogen-bond donors (Lipinski definition) is 1. The first-order chi connectivity index (χ1) is 11.7. The van der Waals surface area contributed by atoms with Crippen LogP contribution < -0.4 is 10.1 Å². The van der Waals surface area contributed by atoms with E-state index in [1.165, 1.54) is 0 Å². The average Bonchev–Trinajstić information content (AvgIpc) is 2.78. The number of rotatable bonds is 6. The van der Waals surface area contributed by atoms with Gasteiger partial charge >= 0.3 is 0 Å². The van der Waals surface area contributed by atoms with E-state index < -0.39 is 0 Å². The minimum atomic E-state index is -0.302. The molecular weight excluding hydrogens is 338 g/mol. The van der Waals surface area contributed by atoms with Crippen molar-refractivity contribution in [3.8, 4) is 5.75 Å². The summed E-state index contributed by atoms with van der Waals surface area (Å²) < 4.78 is 7.45. The quantitative estimate of drug-likeness (QED) is 0.823. The number of anilines is 1. The number of aryl methyl sites for hydroxylation is 2. The lowest BCUT2D eigenvalue weighted by atomic mass is 9.98. The molecule has 25 heavy (non-hydrogen) atoms. The Bertz CT molecular complexity index is 768. The highest BCUT2D eigenvalue weighted by atomic mass is 35.5. The lowest BCUT2D eigenvalue weighted by Crippen LogP contribution is -2.20. The maximum absolute atomic E-state index is 12.6. The second-order valence-corrected chi connectivity index (χ2v) is 7.18. The second-order valence-electron chi connectivity index (χ2n) is 6.77. The van der Waals surface area contributed by atoms with Crippen LogP contribution in [0.1, 0.15) is 43.6 Å². The normalized spacial score (nSPS) is 12.3. The Kier molecular flexibility index (Phi) is 6.11. The lowest BCUT2D eigenvalue weighted by molar-refractivity contribution is -0.117. The summed E-state index contributed by atoms with van der Waals surface area (Å²) in [4.78, 5) is 12.6. The van der Waals surface area contributed by atoms with Crippen LogP contribution >= 0.6 is 11.6 Å². The topological polar surface area (TPSA) is 56.2 Å². The molecule has 0 saturated carbocycles. The van der Waals surface area contributed by atoms with E-state index in [4.69, 9.17) is 16.3 Å². The fourth-order valence-corrected chi connectivity index (χ4v) is 2.99. The molecule has 1 heterocycles. The first kappa shape index (κ1) is 19.3. The summed E-state index contributed by atoms with van der Waals surface area (Å²) in [6.07, 6.45) is 0. The van der Waals surface area contributed by atoms with Gasteiger partial charge in [0.05, 0.1) is 23.2 Å². The van der Waals surface area contributed by atoms with Gasteiger partial charge < -0.3 is 10.1 Å². The van der Waals surface area contributed by atoms with Gasteiger partial charge in [-0.15, -0.1) is 0 Å². The van der Waals surface area contributed by atoms with Gasteiger partial charge in [-0.3, -0.25) is 9.48 Å². The molecule has 0 aliphatic carbocycles. The van der Waals surface area contributed by atoms with Gasteiger partial charge in [0.1, 0.15) is 5.75 Å². The number of nitrogens with zero attached hydrogens (tertiary/aromatic N) is 2. The number of aromatic nitrogens is 2. The second kappa shape index (κ2) is 7.91. The number of nitrogens with one attached hydrogen (secondary N) is 1. The van der Waals surface area contributed by atoms with Crippen LogP contribution in [0.4, 0.5) is 5.69 Å². The van der Waals surface area contributed by atoms with Crippen molar-refractivity contribution in [1.29, 1.82) is 0 Å². The fourth-order valence-electron chi connectivity index (χ4n) is 2.75. The average molecular weight is 364 g/mol. The van der Waals surface area contributed by atoms with Crippen LogP contribution in [0.5, 0.6) is 5.75 Å². The Labute approximate surface area is 154 Å². The van der Waals surface area contributed by atoms with Crippen molar-refractivity contribution >= 4 is 23.2 Å². The number of carbonyl (C=O) groups is 1. The van der Waals surface area contributed by atoms with E-state index in [1.807, 2.05) is 27.8 Å². The van der Waals surface area contributed by atoms with Crippen LogP contribution in [-0.2, 0) is 11.8 Å². The van der Waals surface area contributed by atoms with Crippen LogP contribution in [0.3, 0.4) is 0 Å². The number of amides is 1. The van der Waals surface area contributed by atoms with Gasteiger partial charge in [-0.2, -0.15) is 5.10 Å². The maximum atomic E-state index is 12.6. The lowest BCUT2D eigenvalue weighted by Gasteiger charge is -2.15. The third-order valence-electron chi connectivity index (χ3n) is 4.16. The summed E-state index contributed by atoms with van der Waals surface area (Å²) >= 11 is 6.26. The Balaban J connectivity index is 2.11. The van der Waals surface area contributed by atoms with Gasteiger partial charge in [-0.05, 0) is 44.9 Å². The van der Waals surface area contributed by atoms with Crippen LogP contribution in [0.2, 0.25) is 5.02 Å². The molecule has 6 heteroatoms. The summed E-state index contributed by atoms with van der Waals surface area (Å²) in [5, 5.41) is 7.79. The molecule has 0 bridgehead atoms. The van der Waals surface area contributed by atoms with Crippen molar-refractivity contribution in [2.45, 2.75) is 40.5 Å². The van der Waals surface area contributed by atoms with Gasteiger partial charge in [-0.25, -0.2) is 0 Å². The number of benzene rings is 1. The van der Waals surface area contributed by atoms with E-state index in [0.29, 0.717) is 29.0 Å². The van der Waals surface area contributed by atoms with Gasteiger partial charge in [0, 0.05) is 24.0 Å². The van der Waals surface area contributed by atoms with E-state index >= 15 is 0 Å². The monoisotopic (exact) mass is 363 g/mol. The molecule has 5 nitrogen and oxygen atoms in total. The first-order valence-corrected chi connectivity index (χ1v) is 8.81. The third-order valence-corrected chi connectivity index (χ3v) is 4.46. The molecule has 1 atom stereocenters. The number of hydrogen-bond acceptors (Lipinski definition) is 3. The Morgan fingerprint density at radius 2 is 2.00 bits per heavy atom. The van der Waals surface area contributed by atoms with Gasteiger partial charge in [0.2, 0.25) is 5.91 Å². The van der Waals surface area contributed by atoms with Crippen molar-refractivity contribution in [3.63, 3.8) is 0 Å². The molecule has 1 aromatic carbocycles. The molecule has 0 fully saturated rings. The van der Waals surface area contributed by atoms with E-state index in [1.54, 1.807) is 22.9 Å². The molecule has 0 saturated heterocycles. The standard InChI is InChI=1S/C19H26ClN3O2/c1-11(2)10-25-17-8-7-15(9-16(17)20)21-19(24)12(3)18-13(4)22-23(6)14(18)5/h7-9,11-12H,10H2,1-6H3,(H,21,24)/t12-/m1/s1. The van der Waals surface area contributed by atoms with Crippen molar-refractivity contribution in [1.82, 2.24) is 9.78 Å². The van der Waals surface area contributed by atoms with E-state index in [9.17, 15) is 4.79 Å². The van der Waals surface area contributed by atoms with Crippen LogP contribution in [0.25, 0.3) is 0 Å². The summed E-state index contributed by atoms with van der Waals surface area (Å²) in [6.45, 7) is 10.5. The molecule has 0 aliphatic heterocycles. The predicted molar refractivity (Wildman–Crippen MR) is 102 cm³/mol. The molecule has 1 N–H and O–H groups in total. The number of ether oxygens (including phenoxy) is 1. The van der Waals surface area contributed by atoms with Crippen LogP contribution in [0, 0.1) is 19.8 Å². The summed E-state index contributed by atoms with van der Waals surface area (Å²) in [7, 11) is 1.88. The Morgan fingerprint density at radius 1 is 1.32 bits per heavy atom. The van der Waals surface area contributed by atoms with Gasteiger partial charge in [-0.1, -0.05) is 25.4 Å². The number of halogens is 1. The number of carbonyl (C=O) groups excluding carboxylic acids is 1. The Hall–Kier alpha value is -2.01. The third kappa shape index (κ3) is 4.54. The summed E-state index contributed by atoms with van der Waals surface area (Å²) in [5.74, 6) is 0.651. The minimum Gasteiger partial charge on any atom is -0.492 e. The molecule has 1 aromatic heterocycles. The zero-order valence-electron chi connectivity index (χ0n) is 15.7.